The Morgan fingerprint density at radius 3 is 2.56 bits per heavy atom. The molecule has 0 atom stereocenters. The number of carbonyl (C=O) groups excluding carboxylic acids is 2. The predicted molar refractivity (Wildman–Crippen MR) is 106 cm³/mol. The largest absolute Gasteiger partial charge is 0.458 e. The van der Waals surface area contributed by atoms with Crippen molar-refractivity contribution in [1.82, 2.24) is 10.3 Å². The summed E-state index contributed by atoms with van der Waals surface area (Å²) in [5, 5.41) is 7.78. The summed E-state index contributed by atoms with van der Waals surface area (Å²) < 4.78 is 5.67. The second-order valence-electron chi connectivity index (χ2n) is 6.11. The van der Waals surface area contributed by atoms with Crippen molar-refractivity contribution in [2.75, 3.05) is 24.3 Å². The zero-order valence-corrected chi connectivity index (χ0v) is 16.1. The molecule has 0 radical (unpaired) electrons. The normalized spacial score (nSPS) is 10.5. The molecule has 2 N–H and O–H groups in total. The zero-order valence-electron chi connectivity index (χ0n) is 15.3. The minimum atomic E-state index is -0.216. The van der Waals surface area contributed by atoms with Crippen LogP contribution in [0.15, 0.2) is 46.2 Å². The van der Waals surface area contributed by atoms with E-state index in [2.05, 4.69) is 15.6 Å². The number of carbonyl (C=O) groups is 2. The molecule has 1 aromatic carbocycles. The molecule has 3 rings (SSSR count). The van der Waals surface area contributed by atoms with Gasteiger partial charge in [-0.1, -0.05) is 0 Å². The van der Waals surface area contributed by atoms with Gasteiger partial charge in [-0.25, -0.2) is 4.98 Å². The van der Waals surface area contributed by atoms with E-state index in [-0.39, 0.29) is 11.8 Å². The van der Waals surface area contributed by atoms with Crippen LogP contribution >= 0.6 is 11.3 Å². The highest BCUT2D eigenvalue weighted by atomic mass is 32.1. The van der Waals surface area contributed by atoms with Crippen molar-refractivity contribution in [3.8, 4) is 11.5 Å². The number of anilines is 2. The van der Waals surface area contributed by atoms with Crippen LogP contribution < -0.4 is 15.5 Å². The van der Waals surface area contributed by atoms with Gasteiger partial charge in [0.1, 0.15) is 11.5 Å². The van der Waals surface area contributed by atoms with Gasteiger partial charge in [-0.3, -0.25) is 14.9 Å². The first-order valence-electron chi connectivity index (χ1n) is 8.30. The molecular formula is C19H20N4O3S. The van der Waals surface area contributed by atoms with E-state index in [1.807, 2.05) is 36.5 Å². The molecule has 0 bridgehead atoms. The van der Waals surface area contributed by atoms with Gasteiger partial charge in [0.25, 0.3) is 5.91 Å². The molecule has 0 saturated heterocycles. The van der Waals surface area contributed by atoms with Crippen molar-refractivity contribution >= 4 is 34.0 Å². The maximum Gasteiger partial charge on any atom is 0.257 e. The lowest BCUT2D eigenvalue weighted by Gasteiger charge is -2.12. The van der Waals surface area contributed by atoms with Gasteiger partial charge in [0.2, 0.25) is 5.91 Å². The summed E-state index contributed by atoms with van der Waals surface area (Å²) in [5.74, 6) is 0.888. The Hall–Kier alpha value is -3.13. The van der Waals surface area contributed by atoms with Crippen LogP contribution in [0.4, 0.5) is 10.8 Å². The van der Waals surface area contributed by atoms with Crippen molar-refractivity contribution in [2.45, 2.75) is 13.5 Å². The summed E-state index contributed by atoms with van der Waals surface area (Å²) in [6, 6.07) is 10.9. The van der Waals surface area contributed by atoms with E-state index < -0.39 is 0 Å². The Labute approximate surface area is 161 Å². The van der Waals surface area contributed by atoms with Crippen LogP contribution in [0.3, 0.4) is 0 Å². The Balaban J connectivity index is 1.65. The third kappa shape index (κ3) is 4.73. The number of hydrogen-bond acceptors (Lipinski definition) is 6. The maximum absolute atomic E-state index is 12.4. The van der Waals surface area contributed by atoms with Crippen LogP contribution in [0, 0.1) is 0 Å². The molecule has 0 aliphatic rings. The second kappa shape index (κ2) is 8.05. The summed E-state index contributed by atoms with van der Waals surface area (Å²) in [4.78, 5) is 29.7. The van der Waals surface area contributed by atoms with Gasteiger partial charge < -0.3 is 14.6 Å². The van der Waals surface area contributed by atoms with Gasteiger partial charge >= 0.3 is 0 Å². The molecular weight excluding hydrogens is 364 g/mol. The van der Waals surface area contributed by atoms with Crippen molar-refractivity contribution in [3.05, 3.63) is 53.1 Å². The summed E-state index contributed by atoms with van der Waals surface area (Å²) in [6.45, 7) is 1.78. The molecule has 27 heavy (non-hydrogen) atoms. The fraction of sp³-hybridized carbons (Fsp3) is 0.211. The number of thiazole rings is 1. The molecule has 7 nitrogen and oxygen atoms in total. The van der Waals surface area contributed by atoms with Crippen LogP contribution in [0.25, 0.3) is 11.5 Å². The molecule has 0 aliphatic heterocycles. The molecule has 140 valence electrons. The van der Waals surface area contributed by atoms with Crippen LogP contribution in [0.1, 0.15) is 23.0 Å². The Bertz CT molecular complexity index is 944. The number of nitrogens with one attached hydrogen (secondary N) is 2. The summed E-state index contributed by atoms with van der Waals surface area (Å²) in [6.07, 6.45) is 0. The molecule has 2 heterocycles. The van der Waals surface area contributed by atoms with E-state index in [9.17, 15) is 9.59 Å². The molecule has 2 aromatic heterocycles. The lowest BCUT2D eigenvalue weighted by atomic mass is 10.2. The fourth-order valence-electron chi connectivity index (χ4n) is 2.35. The molecule has 0 aliphatic carbocycles. The SMILES string of the molecule is CC(=O)NCc1ccc(-c2csc(NC(=O)c3ccc(N(C)C)cc3)n2)o1. The molecule has 8 heteroatoms. The highest BCUT2D eigenvalue weighted by molar-refractivity contribution is 7.14. The van der Waals surface area contributed by atoms with E-state index in [0.29, 0.717) is 34.5 Å². The lowest BCUT2D eigenvalue weighted by molar-refractivity contribution is -0.119. The third-order valence-corrected chi connectivity index (χ3v) is 4.55. The van der Waals surface area contributed by atoms with Crippen molar-refractivity contribution < 1.29 is 14.0 Å². The van der Waals surface area contributed by atoms with E-state index in [4.69, 9.17) is 4.42 Å². The summed E-state index contributed by atoms with van der Waals surface area (Å²) >= 11 is 1.32. The lowest BCUT2D eigenvalue weighted by Crippen LogP contribution is -2.18. The first kappa shape index (κ1) is 18.7. The van der Waals surface area contributed by atoms with Gasteiger partial charge in [-0.2, -0.15) is 0 Å². The topological polar surface area (TPSA) is 87.5 Å². The predicted octanol–water partition coefficient (Wildman–Crippen LogP) is 3.36. The van der Waals surface area contributed by atoms with Crippen molar-refractivity contribution in [1.29, 1.82) is 0 Å². The van der Waals surface area contributed by atoms with Gasteiger partial charge in [0.05, 0.1) is 6.54 Å². The standard InChI is InChI=1S/C19H20N4O3S/c1-12(24)20-10-15-8-9-17(26-15)16-11-27-19(21-16)22-18(25)13-4-6-14(7-5-13)23(2)3/h4-9,11H,10H2,1-3H3,(H,20,24)(H,21,22,25). The van der Waals surface area contributed by atoms with Crippen molar-refractivity contribution in [2.24, 2.45) is 0 Å². The first-order valence-corrected chi connectivity index (χ1v) is 9.18. The minimum absolute atomic E-state index is 0.120. The van der Waals surface area contributed by atoms with E-state index >= 15 is 0 Å². The van der Waals surface area contributed by atoms with Crippen molar-refractivity contribution in [3.63, 3.8) is 0 Å². The third-order valence-electron chi connectivity index (χ3n) is 3.80. The van der Waals surface area contributed by atoms with Crippen LogP contribution in [-0.2, 0) is 11.3 Å². The monoisotopic (exact) mass is 384 g/mol. The van der Waals surface area contributed by atoms with E-state index in [1.165, 1.54) is 18.3 Å². The quantitative estimate of drug-likeness (QED) is 0.680. The molecule has 0 saturated carbocycles. The number of benzene rings is 1. The number of hydrogen-bond donors (Lipinski definition) is 2. The van der Waals surface area contributed by atoms with Gasteiger partial charge in [-0.05, 0) is 36.4 Å². The van der Waals surface area contributed by atoms with Crippen LogP contribution in [0.5, 0.6) is 0 Å². The number of nitrogens with zero attached hydrogens (tertiary/aromatic N) is 2. The highest BCUT2D eigenvalue weighted by Crippen LogP contribution is 2.27. The molecule has 0 unspecified atom stereocenters. The fourth-order valence-corrected chi connectivity index (χ4v) is 3.04. The van der Waals surface area contributed by atoms with Crippen LogP contribution in [0.2, 0.25) is 0 Å². The number of furan rings is 1. The second-order valence-corrected chi connectivity index (χ2v) is 6.97. The maximum atomic E-state index is 12.4. The minimum Gasteiger partial charge on any atom is -0.458 e. The molecule has 3 aromatic rings. The summed E-state index contributed by atoms with van der Waals surface area (Å²) in [7, 11) is 3.89. The smallest absolute Gasteiger partial charge is 0.257 e. The zero-order chi connectivity index (χ0) is 19.4. The first-order chi connectivity index (χ1) is 12.9. The van der Waals surface area contributed by atoms with Crippen LogP contribution in [-0.4, -0.2) is 30.9 Å². The molecule has 2 amide bonds. The summed E-state index contributed by atoms with van der Waals surface area (Å²) in [5.41, 5.74) is 2.22. The average molecular weight is 384 g/mol. The highest BCUT2D eigenvalue weighted by Gasteiger charge is 2.12. The number of rotatable bonds is 6. The molecule has 0 spiro atoms. The van der Waals surface area contributed by atoms with Gasteiger partial charge in [0, 0.05) is 37.6 Å². The number of amides is 2. The van der Waals surface area contributed by atoms with E-state index in [0.717, 1.165) is 5.69 Å². The Kier molecular flexibility index (Phi) is 5.56. The number of aromatic nitrogens is 1. The molecule has 0 fully saturated rings. The van der Waals surface area contributed by atoms with Gasteiger partial charge in [0.15, 0.2) is 10.9 Å². The van der Waals surface area contributed by atoms with E-state index in [1.54, 1.807) is 24.3 Å². The Morgan fingerprint density at radius 1 is 1.15 bits per heavy atom. The average Bonchev–Trinajstić information content (AvgIpc) is 3.29. The Morgan fingerprint density at radius 2 is 1.89 bits per heavy atom. The van der Waals surface area contributed by atoms with Gasteiger partial charge in [-0.15, -0.1) is 11.3 Å².